The smallest absolute Gasteiger partial charge is 0.0113 e. The van der Waals surface area contributed by atoms with E-state index in [0.29, 0.717) is 0 Å². The SMILES string of the molecule is C1CNC(CCCN2CCN(C3CC3)CC2)C1. The first kappa shape index (κ1) is 11.9. The second-order valence-corrected chi connectivity index (χ2v) is 6.04. The van der Waals surface area contributed by atoms with E-state index in [4.69, 9.17) is 0 Å². The van der Waals surface area contributed by atoms with Crippen LogP contribution in [0.5, 0.6) is 0 Å². The van der Waals surface area contributed by atoms with Crippen LogP contribution in [0.1, 0.15) is 38.5 Å². The number of nitrogens with one attached hydrogen (secondary N) is 1. The van der Waals surface area contributed by atoms with E-state index in [9.17, 15) is 0 Å². The second kappa shape index (κ2) is 5.68. The van der Waals surface area contributed by atoms with Gasteiger partial charge in [0.2, 0.25) is 0 Å². The molecule has 2 aliphatic heterocycles. The van der Waals surface area contributed by atoms with Gasteiger partial charge in [0.05, 0.1) is 0 Å². The van der Waals surface area contributed by atoms with Crippen molar-refractivity contribution >= 4 is 0 Å². The van der Waals surface area contributed by atoms with Crippen molar-refractivity contribution in [2.45, 2.75) is 50.6 Å². The van der Waals surface area contributed by atoms with E-state index in [1.54, 1.807) is 0 Å². The molecule has 0 amide bonds. The minimum absolute atomic E-state index is 0.836. The number of rotatable bonds is 5. The largest absolute Gasteiger partial charge is 0.314 e. The molecule has 0 aromatic rings. The van der Waals surface area contributed by atoms with Gasteiger partial charge >= 0.3 is 0 Å². The molecule has 1 atom stereocenters. The third-order valence-corrected chi connectivity index (χ3v) is 4.66. The first-order valence-corrected chi connectivity index (χ1v) is 7.61. The van der Waals surface area contributed by atoms with Gasteiger partial charge in [-0.3, -0.25) is 4.90 Å². The Bertz CT molecular complexity index is 226. The molecule has 1 unspecified atom stereocenters. The lowest BCUT2D eigenvalue weighted by atomic mass is 10.1. The standard InChI is InChI=1S/C14H27N3/c1-3-13(15-7-1)4-2-8-16-9-11-17(12-10-16)14-5-6-14/h13-15H,1-12H2. The molecule has 0 spiro atoms. The molecule has 2 heterocycles. The molecule has 17 heavy (non-hydrogen) atoms. The van der Waals surface area contributed by atoms with E-state index in [0.717, 1.165) is 12.1 Å². The monoisotopic (exact) mass is 237 g/mol. The maximum atomic E-state index is 3.60. The van der Waals surface area contributed by atoms with Gasteiger partial charge < -0.3 is 10.2 Å². The molecule has 0 bridgehead atoms. The van der Waals surface area contributed by atoms with Crippen LogP contribution in [0.3, 0.4) is 0 Å². The van der Waals surface area contributed by atoms with Gasteiger partial charge in [-0.05, 0) is 51.6 Å². The number of piperazine rings is 1. The van der Waals surface area contributed by atoms with Crippen molar-refractivity contribution in [2.24, 2.45) is 0 Å². The first-order chi connectivity index (χ1) is 8.42. The Kier molecular flexibility index (Phi) is 3.99. The lowest BCUT2D eigenvalue weighted by molar-refractivity contribution is 0.124. The summed E-state index contributed by atoms with van der Waals surface area (Å²) in [6.45, 7) is 7.86. The highest BCUT2D eigenvalue weighted by atomic mass is 15.3. The first-order valence-electron chi connectivity index (χ1n) is 7.61. The summed E-state index contributed by atoms with van der Waals surface area (Å²) >= 11 is 0. The molecule has 3 nitrogen and oxygen atoms in total. The molecule has 1 N–H and O–H groups in total. The van der Waals surface area contributed by atoms with Gasteiger partial charge in [-0.2, -0.15) is 0 Å². The van der Waals surface area contributed by atoms with Gasteiger partial charge in [0.1, 0.15) is 0 Å². The quantitative estimate of drug-likeness (QED) is 0.777. The maximum Gasteiger partial charge on any atom is 0.0113 e. The Morgan fingerprint density at radius 3 is 2.47 bits per heavy atom. The Labute approximate surface area is 106 Å². The molecular weight excluding hydrogens is 210 g/mol. The van der Waals surface area contributed by atoms with Gasteiger partial charge in [-0.15, -0.1) is 0 Å². The van der Waals surface area contributed by atoms with Crippen LogP contribution < -0.4 is 5.32 Å². The van der Waals surface area contributed by atoms with Crippen molar-refractivity contribution in [2.75, 3.05) is 39.3 Å². The van der Waals surface area contributed by atoms with E-state index in [1.807, 2.05) is 0 Å². The second-order valence-electron chi connectivity index (χ2n) is 6.04. The van der Waals surface area contributed by atoms with Crippen LogP contribution in [-0.2, 0) is 0 Å². The van der Waals surface area contributed by atoms with E-state index in [1.165, 1.54) is 77.8 Å². The van der Waals surface area contributed by atoms with Crippen molar-refractivity contribution in [1.29, 1.82) is 0 Å². The zero-order chi connectivity index (χ0) is 11.5. The van der Waals surface area contributed by atoms with Crippen LogP contribution in [0, 0.1) is 0 Å². The third kappa shape index (κ3) is 3.43. The van der Waals surface area contributed by atoms with Gasteiger partial charge in [-0.1, -0.05) is 0 Å². The van der Waals surface area contributed by atoms with Gasteiger partial charge in [0.15, 0.2) is 0 Å². The Balaban J connectivity index is 1.28. The van der Waals surface area contributed by atoms with Gasteiger partial charge in [0, 0.05) is 38.3 Å². The summed E-state index contributed by atoms with van der Waals surface area (Å²) in [5, 5.41) is 3.60. The Morgan fingerprint density at radius 2 is 1.82 bits per heavy atom. The van der Waals surface area contributed by atoms with Crippen LogP contribution in [0.4, 0.5) is 0 Å². The minimum atomic E-state index is 0.836. The lowest BCUT2D eigenvalue weighted by Gasteiger charge is -2.34. The summed E-state index contributed by atoms with van der Waals surface area (Å²) in [4.78, 5) is 5.38. The topological polar surface area (TPSA) is 18.5 Å². The van der Waals surface area contributed by atoms with E-state index in [-0.39, 0.29) is 0 Å². The summed E-state index contributed by atoms with van der Waals surface area (Å²) in [5.74, 6) is 0. The molecule has 3 fully saturated rings. The van der Waals surface area contributed by atoms with Crippen molar-refractivity contribution in [3.63, 3.8) is 0 Å². The molecule has 98 valence electrons. The minimum Gasteiger partial charge on any atom is -0.314 e. The summed E-state index contributed by atoms with van der Waals surface area (Å²) < 4.78 is 0. The van der Waals surface area contributed by atoms with Crippen molar-refractivity contribution in [3.8, 4) is 0 Å². The van der Waals surface area contributed by atoms with E-state index >= 15 is 0 Å². The van der Waals surface area contributed by atoms with Gasteiger partial charge in [-0.25, -0.2) is 0 Å². The Morgan fingerprint density at radius 1 is 1.00 bits per heavy atom. The molecular formula is C14H27N3. The van der Waals surface area contributed by atoms with Crippen molar-refractivity contribution in [3.05, 3.63) is 0 Å². The van der Waals surface area contributed by atoms with E-state index < -0.39 is 0 Å². The molecule has 3 aliphatic rings. The van der Waals surface area contributed by atoms with Crippen molar-refractivity contribution < 1.29 is 0 Å². The molecule has 0 radical (unpaired) electrons. The van der Waals surface area contributed by atoms with Crippen LogP contribution >= 0.6 is 0 Å². The maximum absolute atomic E-state index is 3.60. The molecule has 3 heteroatoms. The normalized spacial score (nSPS) is 32.1. The average molecular weight is 237 g/mol. The van der Waals surface area contributed by atoms with Crippen LogP contribution in [0.15, 0.2) is 0 Å². The van der Waals surface area contributed by atoms with Crippen molar-refractivity contribution in [1.82, 2.24) is 15.1 Å². The van der Waals surface area contributed by atoms with Crippen LogP contribution in [0.2, 0.25) is 0 Å². The number of hydrogen-bond donors (Lipinski definition) is 1. The Hall–Kier alpha value is -0.120. The molecule has 1 aliphatic carbocycles. The number of hydrogen-bond acceptors (Lipinski definition) is 3. The zero-order valence-corrected chi connectivity index (χ0v) is 11.0. The summed E-state index contributed by atoms with van der Waals surface area (Å²) in [5.41, 5.74) is 0. The lowest BCUT2D eigenvalue weighted by Crippen LogP contribution is -2.47. The molecule has 1 saturated carbocycles. The molecule has 0 aromatic heterocycles. The van der Waals surface area contributed by atoms with E-state index in [2.05, 4.69) is 15.1 Å². The third-order valence-electron chi connectivity index (χ3n) is 4.66. The predicted octanol–water partition coefficient (Wildman–Crippen LogP) is 1.30. The summed E-state index contributed by atoms with van der Waals surface area (Å²) in [6.07, 6.45) is 8.52. The summed E-state index contributed by atoms with van der Waals surface area (Å²) in [7, 11) is 0. The van der Waals surface area contributed by atoms with Crippen LogP contribution in [0.25, 0.3) is 0 Å². The summed E-state index contributed by atoms with van der Waals surface area (Å²) in [6, 6.07) is 1.81. The predicted molar refractivity (Wildman–Crippen MR) is 71.3 cm³/mol. The highest BCUT2D eigenvalue weighted by molar-refractivity contribution is 4.87. The highest BCUT2D eigenvalue weighted by Gasteiger charge is 2.30. The zero-order valence-electron chi connectivity index (χ0n) is 11.0. The van der Waals surface area contributed by atoms with Gasteiger partial charge in [0.25, 0.3) is 0 Å². The fourth-order valence-corrected chi connectivity index (χ4v) is 3.36. The number of nitrogens with zero attached hydrogens (tertiary/aromatic N) is 2. The highest BCUT2D eigenvalue weighted by Crippen LogP contribution is 2.27. The fourth-order valence-electron chi connectivity index (χ4n) is 3.36. The fraction of sp³-hybridized carbons (Fsp3) is 1.00. The molecule has 0 aromatic carbocycles. The average Bonchev–Trinajstić information content (AvgIpc) is 3.08. The molecule has 2 saturated heterocycles. The molecule has 3 rings (SSSR count). The van der Waals surface area contributed by atoms with Crippen LogP contribution in [-0.4, -0.2) is 61.2 Å².